The Morgan fingerprint density at radius 1 is 1.12 bits per heavy atom. The summed E-state index contributed by atoms with van der Waals surface area (Å²) in [5.74, 6) is 0.0157. The molecule has 4 rings (SSSR count). The van der Waals surface area contributed by atoms with E-state index >= 15 is 0 Å². The quantitative estimate of drug-likeness (QED) is 0.203. The van der Waals surface area contributed by atoms with Crippen molar-refractivity contribution < 1.29 is 18.7 Å². The van der Waals surface area contributed by atoms with Crippen LogP contribution in [-0.4, -0.2) is 23.2 Å². The van der Waals surface area contributed by atoms with Gasteiger partial charge in [0.05, 0.1) is 21.6 Å². The Kier molecular flexibility index (Phi) is 6.68. The second kappa shape index (κ2) is 9.35. The molecule has 0 aliphatic heterocycles. The number of benzene rings is 3. The molecule has 0 spiro atoms. The number of halogens is 3. The summed E-state index contributed by atoms with van der Waals surface area (Å²) in [4.78, 5) is 16.1. The minimum atomic E-state index is -0.614. The molecule has 4 aromatic rings. The van der Waals surface area contributed by atoms with Crippen LogP contribution in [0.25, 0.3) is 21.7 Å². The van der Waals surface area contributed by atoms with Gasteiger partial charge >= 0.3 is 5.97 Å². The van der Waals surface area contributed by atoms with E-state index in [4.69, 9.17) is 21.1 Å². The fraction of sp³-hybridized carbons (Fsp3) is 0.269. The molecule has 0 saturated heterocycles. The molecule has 4 nitrogen and oxygen atoms in total. The lowest BCUT2D eigenvalue weighted by Gasteiger charge is -2.19. The van der Waals surface area contributed by atoms with Gasteiger partial charge in [-0.15, -0.1) is 0 Å². The second-order valence-corrected chi connectivity index (χ2v) is 10.0. The molecule has 0 saturated carbocycles. The van der Waals surface area contributed by atoms with Gasteiger partial charge in [-0.2, -0.15) is 0 Å². The summed E-state index contributed by atoms with van der Waals surface area (Å²) in [6.07, 6.45) is 1.27. The average Bonchev–Trinajstić information content (AvgIpc) is 3.12. The third-order valence-corrected chi connectivity index (χ3v) is 6.57. The van der Waals surface area contributed by atoms with E-state index in [9.17, 15) is 9.18 Å². The summed E-state index contributed by atoms with van der Waals surface area (Å²) in [5.41, 5.74) is 1.43. The lowest BCUT2D eigenvalue weighted by Crippen LogP contribution is -2.24. The van der Waals surface area contributed by atoms with Gasteiger partial charge in [0.15, 0.2) is 0 Å². The van der Waals surface area contributed by atoms with E-state index in [0.29, 0.717) is 40.4 Å². The van der Waals surface area contributed by atoms with Gasteiger partial charge in [-0.25, -0.2) is 9.18 Å². The fourth-order valence-corrected chi connectivity index (χ4v) is 4.41. The van der Waals surface area contributed by atoms with Crippen LogP contribution in [0.5, 0.6) is 5.75 Å². The van der Waals surface area contributed by atoms with E-state index in [0.717, 1.165) is 27.2 Å². The third-order valence-electron chi connectivity index (χ3n) is 5.21. The summed E-state index contributed by atoms with van der Waals surface area (Å²) in [5, 5.41) is 3.12. The van der Waals surface area contributed by atoms with E-state index in [1.54, 1.807) is 12.1 Å². The first kappa shape index (κ1) is 23.6. The van der Waals surface area contributed by atoms with Gasteiger partial charge in [-0.3, -0.25) is 0 Å². The first-order valence-electron chi connectivity index (χ1n) is 10.7. The summed E-state index contributed by atoms with van der Waals surface area (Å²) < 4.78 is 25.9. The zero-order chi connectivity index (χ0) is 23.8. The maximum Gasteiger partial charge on any atom is 0.355 e. The minimum absolute atomic E-state index is 0.278. The maximum atomic E-state index is 13.5. The van der Waals surface area contributed by atoms with Crippen molar-refractivity contribution in [2.24, 2.45) is 0 Å². The summed E-state index contributed by atoms with van der Waals surface area (Å²) in [6.45, 7) is 5.95. The molecular formula is C26H24BrClFNO3. The molecule has 0 unspecified atom stereocenters. The van der Waals surface area contributed by atoms with Crippen molar-refractivity contribution in [3.63, 3.8) is 0 Å². The SMILES string of the molecule is CC(C)(C)OC(=O)c1[nH]c2c(Br)c(Cl)ccc2c1CCCOc1cccc2cc(F)ccc12. The zero-order valence-electron chi connectivity index (χ0n) is 18.6. The van der Waals surface area contributed by atoms with Gasteiger partial charge in [-0.05, 0) is 90.8 Å². The van der Waals surface area contributed by atoms with E-state index in [-0.39, 0.29) is 5.82 Å². The van der Waals surface area contributed by atoms with Gasteiger partial charge in [0.1, 0.15) is 22.9 Å². The standard InChI is InChI=1S/C26H24BrClFNO3/c1-26(2,3)33-25(31)24-18(19-11-12-20(28)22(27)23(19)30-24)7-5-13-32-21-8-4-6-15-14-16(29)9-10-17(15)21/h4,6,8-12,14,30H,5,7,13H2,1-3H3. The number of aryl methyl sites for hydroxylation is 1. The molecule has 1 heterocycles. The van der Waals surface area contributed by atoms with Crippen LogP contribution in [0.1, 0.15) is 43.2 Å². The van der Waals surface area contributed by atoms with Gasteiger partial charge < -0.3 is 14.5 Å². The number of hydrogen-bond acceptors (Lipinski definition) is 3. The van der Waals surface area contributed by atoms with Crippen LogP contribution < -0.4 is 4.74 Å². The van der Waals surface area contributed by atoms with Crippen molar-refractivity contribution in [3.05, 3.63) is 75.1 Å². The molecule has 0 amide bonds. The van der Waals surface area contributed by atoms with Crippen LogP contribution in [0.3, 0.4) is 0 Å². The molecule has 0 atom stereocenters. The second-order valence-electron chi connectivity index (χ2n) is 8.84. The monoisotopic (exact) mass is 531 g/mol. The lowest BCUT2D eigenvalue weighted by molar-refractivity contribution is 0.00625. The summed E-state index contributed by atoms with van der Waals surface area (Å²) >= 11 is 9.77. The molecule has 1 aromatic heterocycles. The van der Waals surface area contributed by atoms with Crippen LogP contribution >= 0.6 is 27.5 Å². The molecule has 0 radical (unpaired) electrons. The number of rotatable bonds is 6. The van der Waals surface area contributed by atoms with Crippen LogP contribution in [0.2, 0.25) is 5.02 Å². The fourth-order valence-electron chi connectivity index (χ4n) is 3.80. The van der Waals surface area contributed by atoms with Crippen molar-refractivity contribution in [1.29, 1.82) is 0 Å². The highest BCUT2D eigenvalue weighted by atomic mass is 79.9. The minimum Gasteiger partial charge on any atom is -0.493 e. The van der Waals surface area contributed by atoms with Crippen molar-refractivity contribution in [2.75, 3.05) is 6.61 Å². The highest BCUT2D eigenvalue weighted by molar-refractivity contribution is 9.10. The Morgan fingerprint density at radius 2 is 1.88 bits per heavy atom. The van der Waals surface area contributed by atoms with Crippen molar-refractivity contribution >= 4 is 55.2 Å². The van der Waals surface area contributed by atoms with Crippen molar-refractivity contribution in [2.45, 2.75) is 39.2 Å². The van der Waals surface area contributed by atoms with E-state index in [1.165, 1.54) is 12.1 Å². The Bertz CT molecular complexity index is 1340. The Hall–Kier alpha value is -2.57. The van der Waals surface area contributed by atoms with Crippen molar-refractivity contribution in [1.82, 2.24) is 4.98 Å². The molecule has 3 aromatic carbocycles. The van der Waals surface area contributed by atoms with Crippen LogP contribution in [0, 0.1) is 5.82 Å². The topological polar surface area (TPSA) is 51.3 Å². The Morgan fingerprint density at radius 3 is 2.64 bits per heavy atom. The third kappa shape index (κ3) is 5.17. The highest BCUT2D eigenvalue weighted by Gasteiger charge is 2.24. The van der Waals surface area contributed by atoms with Crippen LogP contribution in [0.4, 0.5) is 4.39 Å². The lowest BCUT2D eigenvalue weighted by atomic mass is 10.1. The van der Waals surface area contributed by atoms with Gasteiger partial charge in [0.25, 0.3) is 0 Å². The van der Waals surface area contributed by atoms with E-state index in [1.807, 2.05) is 45.0 Å². The average molecular weight is 533 g/mol. The van der Waals surface area contributed by atoms with Gasteiger partial charge in [-0.1, -0.05) is 29.8 Å². The normalized spacial score (nSPS) is 11.8. The van der Waals surface area contributed by atoms with E-state index in [2.05, 4.69) is 20.9 Å². The number of carbonyl (C=O) groups is 1. The Balaban J connectivity index is 1.56. The number of ether oxygens (including phenoxy) is 2. The van der Waals surface area contributed by atoms with Gasteiger partial charge in [0.2, 0.25) is 0 Å². The zero-order valence-corrected chi connectivity index (χ0v) is 20.9. The number of H-pyrrole nitrogens is 1. The maximum absolute atomic E-state index is 13.5. The van der Waals surface area contributed by atoms with Crippen molar-refractivity contribution in [3.8, 4) is 5.75 Å². The predicted octanol–water partition coefficient (Wildman–Crippen LogP) is 7.84. The largest absolute Gasteiger partial charge is 0.493 e. The first-order chi connectivity index (χ1) is 15.6. The molecule has 1 N–H and O–H groups in total. The molecule has 0 aliphatic carbocycles. The molecule has 0 fully saturated rings. The van der Waals surface area contributed by atoms with Crippen LogP contribution in [-0.2, 0) is 11.2 Å². The predicted molar refractivity (Wildman–Crippen MR) is 134 cm³/mol. The smallest absolute Gasteiger partial charge is 0.355 e. The first-order valence-corrected chi connectivity index (χ1v) is 11.8. The van der Waals surface area contributed by atoms with E-state index < -0.39 is 11.6 Å². The number of esters is 1. The molecule has 7 heteroatoms. The molecule has 0 aliphatic rings. The molecule has 0 bridgehead atoms. The molecule has 33 heavy (non-hydrogen) atoms. The number of aromatic amines is 1. The molecule has 172 valence electrons. The number of aromatic nitrogens is 1. The number of fused-ring (bicyclic) bond motifs is 2. The number of hydrogen-bond donors (Lipinski definition) is 1. The summed E-state index contributed by atoms with van der Waals surface area (Å²) in [7, 11) is 0. The highest BCUT2D eigenvalue weighted by Crippen LogP contribution is 2.35. The number of carbonyl (C=O) groups excluding carboxylic acids is 1. The summed E-state index contributed by atoms with van der Waals surface area (Å²) in [6, 6.07) is 13.9. The molecular weight excluding hydrogens is 509 g/mol. The van der Waals surface area contributed by atoms with Gasteiger partial charge in [0, 0.05) is 10.8 Å². The van der Waals surface area contributed by atoms with Crippen LogP contribution in [0.15, 0.2) is 53.0 Å². The number of nitrogens with one attached hydrogen (secondary N) is 1. The Labute approximate surface area is 205 Å².